The summed E-state index contributed by atoms with van der Waals surface area (Å²) in [5.74, 6) is -0.808. The van der Waals surface area contributed by atoms with Crippen molar-refractivity contribution < 1.29 is 14.8 Å². The second kappa shape index (κ2) is 7.31. The van der Waals surface area contributed by atoms with Crippen LogP contribution in [-0.4, -0.2) is 22.5 Å². The summed E-state index contributed by atoms with van der Waals surface area (Å²) in [4.78, 5) is 20.8. The van der Waals surface area contributed by atoms with Crippen LogP contribution >= 0.6 is 23.2 Å². The Hall–Kier alpha value is -1.53. The number of hydrogen-bond acceptors (Lipinski definition) is 4. The Bertz CT molecular complexity index is 522. The predicted molar refractivity (Wildman–Crippen MR) is 77.6 cm³/mol. The number of benzene rings is 1. The molecule has 2 N–H and O–H groups in total. The van der Waals surface area contributed by atoms with Crippen LogP contribution in [0.5, 0.6) is 0 Å². The molecule has 1 atom stereocenters. The van der Waals surface area contributed by atoms with Crippen molar-refractivity contribution in [1.82, 2.24) is 0 Å². The highest BCUT2D eigenvalue weighted by molar-refractivity contribution is 6.42. The molecular weight excluding hydrogens is 307 g/mol. The minimum absolute atomic E-state index is 0.0557. The lowest BCUT2D eigenvalue weighted by Gasteiger charge is -2.13. The fraction of sp³-hybridized carbons (Fsp3) is 0.417. The molecule has 20 heavy (non-hydrogen) atoms. The Balaban J connectivity index is 2.74. The molecule has 0 amide bonds. The second-order valence-corrected chi connectivity index (χ2v) is 5.27. The Morgan fingerprint density at radius 3 is 2.60 bits per heavy atom. The van der Waals surface area contributed by atoms with Crippen LogP contribution in [-0.2, 0) is 4.79 Å². The van der Waals surface area contributed by atoms with Gasteiger partial charge in [0.25, 0.3) is 5.69 Å². The minimum Gasteiger partial charge on any atom is -0.481 e. The number of nitrogens with zero attached hydrogens (tertiary/aromatic N) is 1. The van der Waals surface area contributed by atoms with E-state index < -0.39 is 10.9 Å². The molecule has 1 aromatic carbocycles. The molecule has 6 nitrogen and oxygen atoms in total. The van der Waals surface area contributed by atoms with Gasteiger partial charge in [-0.05, 0) is 18.4 Å². The zero-order valence-corrected chi connectivity index (χ0v) is 12.2. The van der Waals surface area contributed by atoms with Gasteiger partial charge in [-0.3, -0.25) is 14.9 Å². The number of carboxylic acid groups (broad SMARTS) is 1. The van der Waals surface area contributed by atoms with Gasteiger partial charge in [-0.1, -0.05) is 30.1 Å². The quantitative estimate of drug-likeness (QED) is 0.588. The van der Waals surface area contributed by atoms with Crippen LogP contribution in [0.3, 0.4) is 0 Å². The van der Waals surface area contributed by atoms with Crippen LogP contribution < -0.4 is 5.32 Å². The first-order valence-electron chi connectivity index (χ1n) is 5.90. The van der Waals surface area contributed by atoms with Crippen molar-refractivity contribution in [2.45, 2.75) is 19.8 Å². The number of nitro benzene ring substituents is 1. The average Bonchev–Trinajstić information content (AvgIpc) is 2.36. The maximum Gasteiger partial charge on any atom is 0.303 e. The van der Waals surface area contributed by atoms with Crippen molar-refractivity contribution >= 4 is 40.5 Å². The van der Waals surface area contributed by atoms with Crippen LogP contribution in [0, 0.1) is 16.0 Å². The van der Waals surface area contributed by atoms with Crippen LogP contribution in [0.1, 0.15) is 19.8 Å². The number of nitro groups is 1. The summed E-state index contributed by atoms with van der Waals surface area (Å²) < 4.78 is 0. The number of halogens is 2. The molecular formula is C12H14Cl2N2O4. The maximum atomic E-state index is 10.9. The van der Waals surface area contributed by atoms with E-state index in [1.54, 1.807) is 0 Å². The van der Waals surface area contributed by atoms with Gasteiger partial charge in [0, 0.05) is 19.0 Å². The fourth-order valence-electron chi connectivity index (χ4n) is 1.59. The van der Waals surface area contributed by atoms with Gasteiger partial charge in [0.2, 0.25) is 0 Å². The molecule has 0 aliphatic rings. The van der Waals surface area contributed by atoms with Crippen molar-refractivity contribution in [1.29, 1.82) is 0 Å². The average molecular weight is 321 g/mol. The highest BCUT2D eigenvalue weighted by Gasteiger charge is 2.17. The molecule has 0 spiro atoms. The second-order valence-electron chi connectivity index (χ2n) is 4.46. The Labute approximate surface area is 125 Å². The molecule has 0 radical (unpaired) electrons. The molecule has 0 heterocycles. The molecule has 0 saturated carbocycles. The van der Waals surface area contributed by atoms with Gasteiger partial charge in [-0.25, -0.2) is 0 Å². The lowest BCUT2D eigenvalue weighted by Crippen LogP contribution is -2.13. The molecule has 0 aliphatic carbocycles. The zero-order chi connectivity index (χ0) is 15.3. The summed E-state index contributed by atoms with van der Waals surface area (Å²) in [5, 5.41) is 22.8. The number of rotatable bonds is 7. The first-order chi connectivity index (χ1) is 9.31. The van der Waals surface area contributed by atoms with E-state index in [-0.39, 0.29) is 33.8 Å². The molecule has 0 aromatic heterocycles. The smallest absolute Gasteiger partial charge is 0.303 e. The molecule has 0 fully saturated rings. The van der Waals surface area contributed by atoms with Crippen molar-refractivity contribution in [3.05, 3.63) is 32.3 Å². The number of carboxylic acids is 1. The van der Waals surface area contributed by atoms with Gasteiger partial charge < -0.3 is 10.4 Å². The SMILES string of the molecule is CC(CCC(=O)O)CNc1cc(Cl)c(Cl)cc1[N+](=O)[O-]. The van der Waals surface area contributed by atoms with Gasteiger partial charge in [0.05, 0.1) is 15.0 Å². The summed E-state index contributed by atoms with van der Waals surface area (Å²) in [7, 11) is 0. The van der Waals surface area contributed by atoms with E-state index in [0.29, 0.717) is 13.0 Å². The highest BCUT2D eigenvalue weighted by Crippen LogP contribution is 2.34. The number of carbonyl (C=O) groups is 1. The third-order valence-electron chi connectivity index (χ3n) is 2.73. The Morgan fingerprint density at radius 1 is 1.45 bits per heavy atom. The van der Waals surface area contributed by atoms with Crippen molar-refractivity contribution in [2.24, 2.45) is 5.92 Å². The fourth-order valence-corrected chi connectivity index (χ4v) is 1.91. The molecule has 0 saturated heterocycles. The summed E-state index contributed by atoms with van der Waals surface area (Å²) in [6, 6.07) is 2.58. The van der Waals surface area contributed by atoms with Gasteiger partial charge in [-0.2, -0.15) is 0 Å². The van der Waals surface area contributed by atoms with E-state index in [1.165, 1.54) is 12.1 Å². The largest absolute Gasteiger partial charge is 0.481 e. The molecule has 1 rings (SSSR count). The molecule has 0 bridgehead atoms. The van der Waals surface area contributed by atoms with Crippen molar-refractivity contribution in [3.63, 3.8) is 0 Å². The normalized spacial score (nSPS) is 11.9. The number of nitrogens with one attached hydrogen (secondary N) is 1. The summed E-state index contributed by atoms with van der Waals surface area (Å²) >= 11 is 11.6. The van der Waals surface area contributed by atoms with Crippen LogP contribution in [0.25, 0.3) is 0 Å². The number of anilines is 1. The lowest BCUT2D eigenvalue weighted by atomic mass is 10.1. The molecule has 1 unspecified atom stereocenters. The molecule has 110 valence electrons. The van der Waals surface area contributed by atoms with E-state index >= 15 is 0 Å². The number of hydrogen-bond donors (Lipinski definition) is 2. The molecule has 0 aliphatic heterocycles. The summed E-state index contributed by atoms with van der Waals surface area (Å²) in [6.07, 6.45) is 0.545. The zero-order valence-electron chi connectivity index (χ0n) is 10.7. The topological polar surface area (TPSA) is 92.5 Å². The monoisotopic (exact) mass is 320 g/mol. The van der Waals surface area contributed by atoms with E-state index in [2.05, 4.69) is 5.32 Å². The first kappa shape index (κ1) is 16.5. The van der Waals surface area contributed by atoms with Gasteiger partial charge in [0.15, 0.2) is 0 Å². The Kier molecular flexibility index (Phi) is 6.04. The summed E-state index contributed by atoms with van der Waals surface area (Å²) in [5.41, 5.74) is 0.108. The molecule has 1 aromatic rings. The van der Waals surface area contributed by atoms with E-state index in [9.17, 15) is 14.9 Å². The minimum atomic E-state index is -0.864. The number of aliphatic carboxylic acids is 1. The Morgan fingerprint density at radius 2 is 2.05 bits per heavy atom. The van der Waals surface area contributed by atoms with E-state index in [0.717, 1.165) is 0 Å². The van der Waals surface area contributed by atoms with Crippen molar-refractivity contribution in [2.75, 3.05) is 11.9 Å². The third kappa shape index (κ3) is 4.86. The molecule has 8 heteroatoms. The van der Waals surface area contributed by atoms with Gasteiger partial charge in [0.1, 0.15) is 5.69 Å². The van der Waals surface area contributed by atoms with Crippen LogP contribution in [0.2, 0.25) is 10.0 Å². The van der Waals surface area contributed by atoms with Crippen LogP contribution in [0.15, 0.2) is 12.1 Å². The maximum absolute atomic E-state index is 10.9. The standard InChI is InChI=1S/C12H14Cl2N2O4/c1-7(2-3-12(17)18)6-15-10-4-8(13)9(14)5-11(10)16(19)20/h4-5,7,15H,2-3,6H2,1H3,(H,17,18). The summed E-state index contributed by atoms with van der Waals surface area (Å²) in [6.45, 7) is 2.27. The third-order valence-corrected chi connectivity index (χ3v) is 3.45. The van der Waals surface area contributed by atoms with Gasteiger partial charge in [-0.15, -0.1) is 0 Å². The van der Waals surface area contributed by atoms with Gasteiger partial charge >= 0.3 is 5.97 Å². The van der Waals surface area contributed by atoms with Crippen LogP contribution in [0.4, 0.5) is 11.4 Å². The lowest BCUT2D eigenvalue weighted by molar-refractivity contribution is -0.383. The van der Waals surface area contributed by atoms with E-state index in [1.807, 2.05) is 6.92 Å². The highest BCUT2D eigenvalue weighted by atomic mass is 35.5. The predicted octanol–water partition coefficient (Wildman–Crippen LogP) is 3.81. The van der Waals surface area contributed by atoms with Crippen molar-refractivity contribution in [3.8, 4) is 0 Å². The first-order valence-corrected chi connectivity index (χ1v) is 6.66. The van der Waals surface area contributed by atoms with E-state index in [4.69, 9.17) is 28.3 Å².